The number of alkyl halides is 3. The number of hydrogen-bond donors (Lipinski definition) is 2. The molecule has 2 amide bonds. The molecule has 2 heterocycles. The molecule has 2 N–H and O–H groups in total. The van der Waals surface area contributed by atoms with Gasteiger partial charge in [-0.2, -0.15) is 13.2 Å². The summed E-state index contributed by atoms with van der Waals surface area (Å²) in [7, 11) is 0. The Balaban J connectivity index is 1.94. The number of nitrogens with one attached hydrogen (secondary N) is 1. The maximum Gasteiger partial charge on any atom is 0.405 e. The maximum atomic E-state index is 12.0. The number of carbonyl (C=O) groups is 3. The molecule has 7 nitrogen and oxygen atoms in total. The summed E-state index contributed by atoms with van der Waals surface area (Å²) in [5, 5.41) is 11.1. The molecule has 2 atom stereocenters. The molecule has 0 aromatic carbocycles. The number of likely N-dealkylation sites (tertiary alicyclic amines) is 1. The number of nitrogens with zero attached hydrogens (tertiary/aromatic N) is 1. The average molecular weight is 338 g/mol. The highest BCUT2D eigenvalue weighted by molar-refractivity contribution is 5.97. The summed E-state index contributed by atoms with van der Waals surface area (Å²) >= 11 is 0. The number of carboxylic acid groups (broad SMARTS) is 1. The molecule has 2 fully saturated rings. The molecule has 0 aromatic heterocycles. The van der Waals surface area contributed by atoms with Crippen molar-refractivity contribution >= 4 is 17.8 Å². The lowest BCUT2D eigenvalue weighted by Gasteiger charge is -2.33. The van der Waals surface area contributed by atoms with Gasteiger partial charge in [0.15, 0.2) is 0 Å². The molecule has 10 heteroatoms. The van der Waals surface area contributed by atoms with E-state index in [4.69, 9.17) is 4.74 Å². The minimum absolute atomic E-state index is 0.0538. The largest absolute Gasteiger partial charge is 0.481 e. The third-order valence-corrected chi connectivity index (χ3v) is 4.28. The number of carboxylic acids is 1. The van der Waals surface area contributed by atoms with Gasteiger partial charge in [0.1, 0.15) is 13.0 Å². The zero-order valence-corrected chi connectivity index (χ0v) is 12.2. The van der Waals surface area contributed by atoms with E-state index in [2.05, 4.69) is 0 Å². The zero-order valence-electron chi connectivity index (χ0n) is 12.2. The number of hydrogen-bond acceptors (Lipinski definition) is 4. The molecule has 23 heavy (non-hydrogen) atoms. The molecule has 130 valence electrons. The van der Waals surface area contributed by atoms with Gasteiger partial charge in [-0.25, -0.2) is 0 Å². The van der Waals surface area contributed by atoms with Crippen LogP contribution in [0.5, 0.6) is 0 Å². The van der Waals surface area contributed by atoms with Crippen LogP contribution >= 0.6 is 0 Å². The molecule has 0 bridgehead atoms. The highest BCUT2D eigenvalue weighted by atomic mass is 19.4. The van der Waals surface area contributed by atoms with Crippen LogP contribution in [-0.2, 0) is 19.1 Å². The maximum absolute atomic E-state index is 12.0. The third-order valence-electron chi connectivity index (χ3n) is 4.28. The predicted molar refractivity (Wildman–Crippen MR) is 69.3 cm³/mol. The van der Waals surface area contributed by atoms with Crippen LogP contribution in [0.15, 0.2) is 0 Å². The second-order valence-corrected chi connectivity index (χ2v) is 5.83. The second-order valence-electron chi connectivity index (χ2n) is 5.83. The summed E-state index contributed by atoms with van der Waals surface area (Å²) in [6, 6.07) is 0. The van der Waals surface area contributed by atoms with Gasteiger partial charge in [-0.1, -0.05) is 0 Å². The van der Waals surface area contributed by atoms with Crippen LogP contribution in [0.2, 0.25) is 0 Å². The van der Waals surface area contributed by atoms with Crippen molar-refractivity contribution in [1.29, 1.82) is 0 Å². The Bertz CT molecular complexity index is 510. The van der Waals surface area contributed by atoms with Crippen molar-refractivity contribution in [2.45, 2.75) is 19.0 Å². The van der Waals surface area contributed by atoms with E-state index in [1.54, 1.807) is 5.32 Å². The summed E-state index contributed by atoms with van der Waals surface area (Å²) < 4.78 is 41.3. The summed E-state index contributed by atoms with van der Waals surface area (Å²) in [4.78, 5) is 36.2. The van der Waals surface area contributed by atoms with Crippen molar-refractivity contribution in [2.24, 2.45) is 11.3 Å². The molecule has 2 aliphatic heterocycles. The fourth-order valence-electron chi connectivity index (χ4n) is 3.00. The van der Waals surface area contributed by atoms with E-state index >= 15 is 0 Å². The highest BCUT2D eigenvalue weighted by Gasteiger charge is 2.54. The van der Waals surface area contributed by atoms with Gasteiger partial charge in [-0.05, 0) is 6.42 Å². The van der Waals surface area contributed by atoms with Crippen LogP contribution < -0.4 is 5.32 Å². The van der Waals surface area contributed by atoms with Crippen molar-refractivity contribution in [1.82, 2.24) is 10.2 Å². The first-order chi connectivity index (χ1) is 10.6. The van der Waals surface area contributed by atoms with Crippen LogP contribution in [0.3, 0.4) is 0 Å². The predicted octanol–water partition coefficient (Wildman–Crippen LogP) is 0.00470. The van der Waals surface area contributed by atoms with Crippen molar-refractivity contribution in [3.63, 3.8) is 0 Å². The lowest BCUT2D eigenvalue weighted by molar-refractivity contribution is -0.157. The summed E-state index contributed by atoms with van der Waals surface area (Å²) in [5.74, 6) is -3.12. The van der Waals surface area contributed by atoms with E-state index < -0.39 is 42.3 Å². The van der Waals surface area contributed by atoms with E-state index in [9.17, 15) is 32.7 Å². The third kappa shape index (κ3) is 3.92. The van der Waals surface area contributed by atoms with Crippen LogP contribution in [0.4, 0.5) is 13.2 Å². The van der Waals surface area contributed by atoms with Crippen LogP contribution in [0.1, 0.15) is 12.8 Å². The Kier molecular flexibility index (Phi) is 4.83. The average Bonchev–Trinajstić information content (AvgIpc) is 2.85. The number of rotatable bonds is 4. The summed E-state index contributed by atoms with van der Waals surface area (Å²) in [6.45, 7) is -0.957. The lowest BCUT2D eigenvalue weighted by atomic mass is 9.74. The first kappa shape index (κ1) is 17.5. The summed E-state index contributed by atoms with van der Waals surface area (Å²) in [5.41, 5.74) is -1.10. The quantitative estimate of drug-likeness (QED) is 0.704. The van der Waals surface area contributed by atoms with Crippen molar-refractivity contribution in [3.05, 3.63) is 0 Å². The van der Waals surface area contributed by atoms with Gasteiger partial charge in [0, 0.05) is 25.6 Å². The Morgan fingerprint density at radius 3 is 2.61 bits per heavy atom. The topological polar surface area (TPSA) is 95.9 Å². The smallest absolute Gasteiger partial charge is 0.405 e. The molecular weight excluding hydrogens is 321 g/mol. The van der Waals surface area contributed by atoms with E-state index in [-0.39, 0.29) is 38.6 Å². The van der Waals surface area contributed by atoms with Gasteiger partial charge in [0.05, 0.1) is 12.0 Å². The molecule has 0 saturated carbocycles. The molecule has 0 aromatic rings. The Morgan fingerprint density at radius 2 is 2.04 bits per heavy atom. The molecule has 2 saturated heterocycles. The summed E-state index contributed by atoms with van der Waals surface area (Å²) in [6.07, 6.45) is -5.03. The molecule has 0 unspecified atom stereocenters. The molecular formula is C13H17F3N2O5. The molecule has 0 radical (unpaired) electrons. The van der Waals surface area contributed by atoms with E-state index in [0.717, 1.165) is 0 Å². The number of fused-ring (bicyclic) bond motifs is 1. The van der Waals surface area contributed by atoms with Crippen LogP contribution in [-0.4, -0.2) is 66.8 Å². The van der Waals surface area contributed by atoms with E-state index in [0.29, 0.717) is 0 Å². The number of ether oxygens (including phenoxy) is 1. The Hall–Kier alpha value is -1.84. The van der Waals surface area contributed by atoms with Crippen molar-refractivity contribution in [3.8, 4) is 0 Å². The van der Waals surface area contributed by atoms with Gasteiger partial charge in [-0.15, -0.1) is 0 Å². The highest BCUT2D eigenvalue weighted by Crippen LogP contribution is 2.42. The van der Waals surface area contributed by atoms with Gasteiger partial charge < -0.3 is 20.1 Å². The number of halogens is 3. The lowest BCUT2D eigenvalue weighted by Crippen LogP contribution is -2.45. The SMILES string of the molecule is O=C(CC(=O)N1C[C@H]2COCC[C@@]2(C(=O)O)C1)NCC(F)(F)F. The minimum atomic E-state index is -4.55. The normalized spacial score (nSPS) is 27.4. The van der Waals surface area contributed by atoms with Gasteiger partial charge in [-0.3, -0.25) is 14.4 Å². The minimum Gasteiger partial charge on any atom is -0.481 e. The first-order valence-electron chi connectivity index (χ1n) is 7.06. The fraction of sp³-hybridized carbons (Fsp3) is 0.769. The zero-order chi connectivity index (χ0) is 17.3. The fourth-order valence-corrected chi connectivity index (χ4v) is 3.00. The van der Waals surface area contributed by atoms with Gasteiger partial charge in [0.2, 0.25) is 11.8 Å². The van der Waals surface area contributed by atoms with Crippen LogP contribution in [0.25, 0.3) is 0 Å². The second kappa shape index (κ2) is 6.34. The number of carbonyl (C=O) groups excluding carboxylic acids is 2. The van der Waals surface area contributed by atoms with Crippen molar-refractivity contribution < 1.29 is 37.4 Å². The Morgan fingerprint density at radius 1 is 1.35 bits per heavy atom. The molecule has 0 aliphatic carbocycles. The monoisotopic (exact) mass is 338 g/mol. The number of aliphatic carboxylic acids is 1. The van der Waals surface area contributed by atoms with Crippen LogP contribution in [0, 0.1) is 11.3 Å². The van der Waals surface area contributed by atoms with Gasteiger partial charge >= 0.3 is 12.1 Å². The number of amides is 2. The molecule has 2 rings (SSSR count). The van der Waals surface area contributed by atoms with E-state index in [1.165, 1.54) is 4.90 Å². The molecule has 0 spiro atoms. The Labute approximate surface area is 129 Å². The van der Waals surface area contributed by atoms with Gasteiger partial charge in [0.25, 0.3) is 0 Å². The van der Waals surface area contributed by atoms with Crippen molar-refractivity contribution in [2.75, 3.05) is 32.8 Å². The standard InChI is InChI=1S/C13H17F3N2O5/c14-13(15,16)6-17-9(19)3-10(20)18-4-8-5-23-2-1-12(8,7-18)11(21)22/h8H,1-7H2,(H,17,19)(H,21,22)/t8-,12+/m0/s1. The molecule has 2 aliphatic rings. The van der Waals surface area contributed by atoms with E-state index in [1.807, 2.05) is 0 Å². The first-order valence-corrected chi connectivity index (χ1v) is 7.06.